The first-order chi connectivity index (χ1) is 12.2. The van der Waals surface area contributed by atoms with E-state index in [0.717, 1.165) is 22.8 Å². The Morgan fingerprint density at radius 3 is 2.62 bits per heavy atom. The average Bonchev–Trinajstić information content (AvgIpc) is 3.18. The van der Waals surface area contributed by atoms with Crippen LogP contribution < -0.4 is 5.73 Å². The molecule has 6 nitrogen and oxygen atoms in total. The Balaban J connectivity index is 2.13. The summed E-state index contributed by atoms with van der Waals surface area (Å²) in [6.45, 7) is 3.76. The van der Waals surface area contributed by atoms with Gasteiger partial charge in [-0.05, 0) is 38.3 Å². The lowest BCUT2D eigenvalue weighted by atomic mass is 10.1. The summed E-state index contributed by atoms with van der Waals surface area (Å²) in [5.41, 5.74) is 7.89. The summed E-state index contributed by atoms with van der Waals surface area (Å²) in [5.74, 6) is 0.641. The van der Waals surface area contributed by atoms with Gasteiger partial charge in [0.1, 0.15) is 11.7 Å². The van der Waals surface area contributed by atoms with Crippen LogP contribution in [0.5, 0.6) is 0 Å². The minimum absolute atomic E-state index is 0.136. The number of aromatic nitrogens is 2. The third-order valence-electron chi connectivity index (χ3n) is 3.83. The second kappa shape index (κ2) is 6.90. The Hall–Kier alpha value is -2.10. The number of hydrogen-bond acceptors (Lipinski definition) is 6. The van der Waals surface area contributed by atoms with Gasteiger partial charge >= 0.3 is 0 Å². The third kappa shape index (κ3) is 3.29. The second-order valence-electron chi connectivity index (χ2n) is 5.71. The van der Waals surface area contributed by atoms with E-state index in [4.69, 9.17) is 11.1 Å². The van der Waals surface area contributed by atoms with E-state index < -0.39 is 9.84 Å². The fourth-order valence-electron chi connectivity index (χ4n) is 2.65. The van der Waals surface area contributed by atoms with Crippen LogP contribution in [0.25, 0.3) is 11.3 Å². The molecule has 0 atom stereocenters. The number of thiophene rings is 1. The van der Waals surface area contributed by atoms with Gasteiger partial charge in [-0.1, -0.05) is 12.1 Å². The van der Waals surface area contributed by atoms with E-state index in [1.807, 2.05) is 19.9 Å². The van der Waals surface area contributed by atoms with Gasteiger partial charge in [-0.2, -0.15) is 0 Å². The molecule has 0 aliphatic carbocycles. The van der Waals surface area contributed by atoms with Crippen molar-refractivity contribution in [3.05, 3.63) is 46.7 Å². The van der Waals surface area contributed by atoms with E-state index in [-0.39, 0.29) is 15.6 Å². The molecule has 9 heteroatoms. The smallest absolute Gasteiger partial charge is 0.208 e. The number of nitrogens with zero attached hydrogens (tertiary/aromatic N) is 1. The van der Waals surface area contributed by atoms with Crippen molar-refractivity contribution in [2.75, 3.05) is 6.26 Å². The number of aromatic amines is 1. The fraction of sp³-hybridized carbons (Fsp3) is 0.176. The van der Waals surface area contributed by atoms with Gasteiger partial charge in [0.15, 0.2) is 0 Å². The number of nitrogens with one attached hydrogen (secondary N) is 2. The lowest BCUT2D eigenvalue weighted by Gasteiger charge is -2.07. The molecule has 0 amide bonds. The van der Waals surface area contributed by atoms with E-state index in [1.165, 1.54) is 29.2 Å². The number of hydrogen-bond donors (Lipinski definition) is 3. The number of rotatable bonds is 5. The largest absolute Gasteiger partial charge is 0.383 e. The van der Waals surface area contributed by atoms with E-state index in [1.54, 1.807) is 24.5 Å². The van der Waals surface area contributed by atoms with E-state index in [2.05, 4.69) is 9.97 Å². The van der Waals surface area contributed by atoms with Crippen LogP contribution in [0, 0.1) is 19.3 Å². The molecule has 0 bridgehead atoms. The summed E-state index contributed by atoms with van der Waals surface area (Å²) >= 11 is 2.54. The zero-order valence-corrected chi connectivity index (χ0v) is 16.9. The molecule has 26 heavy (non-hydrogen) atoms. The molecule has 0 saturated carbocycles. The van der Waals surface area contributed by atoms with Crippen LogP contribution in [0.3, 0.4) is 0 Å². The van der Waals surface area contributed by atoms with E-state index in [9.17, 15) is 8.42 Å². The molecule has 0 fully saturated rings. The molecular weight excluding hydrogens is 388 g/mol. The van der Waals surface area contributed by atoms with Crippen molar-refractivity contribution in [2.45, 2.75) is 27.8 Å². The summed E-state index contributed by atoms with van der Waals surface area (Å²) < 4.78 is 27.0. The Labute approximate surface area is 160 Å². The predicted molar refractivity (Wildman–Crippen MR) is 106 cm³/mol. The molecule has 136 valence electrons. The zero-order valence-electron chi connectivity index (χ0n) is 14.5. The van der Waals surface area contributed by atoms with Crippen molar-refractivity contribution in [1.29, 1.82) is 5.41 Å². The first-order valence-electron chi connectivity index (χ1n) is 7.65. The Kier molecular flexibility index (Phi) is 4.96. The monoisotopic (exact) mass is 406 g/mol. The lowest BCUT2D eigenvalue weighted by molar-refractivity contribution is 0.595. The normalized spacial score (nSPS) is 11.7. The van der Waals surface area contributed by atoms with Gasteiger partial charge in [0.05, 0.1) is 24.6 Å². The van der Waals surface area contributed by atoms with Gasteiger partial charge in [0, 0.05) is 11.3 Å². The summed E-state index contributed by atoms with van der Waals surface area (Å²) in [7, 11) is -3.73. The highest BCUT2D eigenvalue weighted by Gasteiger charge is 2.25. The molecule has 0 saturated heterocycles. The van der Waals surface area contributed by atoms with Crippen molar-refractivity contribution in [1.82, 2.24) is 9.97 Å². The number of nitrogens with two attached hydrogens (primary N) is 1. The van der Waals surface area contributed by atoms with E-state index >= 15 is 0 Å². The SMILES string of the molecule is CSc1sc(C(=N)N)cc1S(=O)(=O)c1cccc(-c2nc(C)[nH]c2C)c1. The summed E-state index contributed by atoms with van der Waals surface area (Å²) in [6, 6.07) is 8.23. The molecule has 3 aromatic rings. The third-order valence-corrected chi connectivity index (χ3v) is 8.16. The minimum Gasteiger partial charge on any atom is -0.383 e. The van der Waals surface area contributed by atoms with Crippen LogP contribution in [-0.2, 0) is 9.84 Å². The number of benzene rings is 1. The summed E-state index contributed by atoms with van der Waals surface area (Å²) in [4.78, 5) is 8.40. The highest BCUT2D eigenvalue weighted by atomic mass is 32.2. The fourth-order valence-corrected chi connectivity index (χ4v) is 6.55. The molecule has 1 aromatic carbocycles. The topological polar surface area (TPSA) is 113 Å². The minimum atomic E-state index is -3.73. The highest BCUT2D eigenvalue weighted by molar-refractivity contribution is 8.01. The van der Waals surface area contributed by atoms with Crippen molar-refractivity contribution in [2.24, 2.45) is 5.73 Å². The van der Waals surface area contributed by atoms with Crippen molar-refractivity contribution >= 4 is 38.8 Å². The second-order valence-corrected chi connectivity index (χ2v) is 9.75. The molecule has 0 spiro atoms. The number of imidazole rings is 1. The number of sulfone groups is 1. The van der Waals surface area contributed by atoms with Gasteiger partial charge in [0.25, 0.3) is 0 Å². The van der Waals surface area contributed by atoms with Crippen LogP contribution in [0.2, 0.25) is 0 Å². The maximum absolute atomic E-state index is 13.2. The molecule has 3 rings (SSSR count). The Morgan fingerprint density at radius 2 is 2.04 bits per heavy atom. The van der Waals surface area contributed by atoms with Gasteiger partial charge in [-0.15, -0.1) is 23.1 Å². The number of H-pyrrole nitrogens is 1. The molecular formula is C17H18N4O2S3. The van der Waals surface area contributed by atoms with Crippen molar-refractivity contribution in [3.63, 3.8) is 0 Å². The molecule has 0 radical (unpaired) electrons. The molecule has 4 N–H and O–H groups in total. The molecule has 2 aromatic heterocycles. The molecule has 0 unspecified atom stereocenters. The molecule has 2 heterocycles. The highest BCUT2D eigenvalue weighted by Crippen LogP contribution is 2.37. The average molecular weight is 407 g/mol. The van der Waals surface area contributed by atoms with Crippen LogP contribution in [0.4, 0.5) is 0 Å². The number of nitrogen functional groups attached to an aromatic ring is 1. The first-order valence-corrected chi connectivity index (χ1v) is 11.2. The summed E-state index contributed by atoms with van der Waals surface area (Å²) in [5, 5.41) is 7.57. The van der Waals surface area contributed by atoms with Crippen molar-refractivity contribution < 1.29 is 8.42 Å². The van der Waals surface area contributed by atoms with Crippen LogP contribution >= 0.6 is 23.1 Å². The van der Waals surface area contributed by atoms with Gasteiger partial charge in [-0.3, -0.25) is 5.41 Å². The maximum Gasteiger partial charge on any atom is 0.208 e. The zero-order chi connectivity index (χ0) is 19.1. The van der Waals surface area contributed by atoms with Gasteiger partial charge < -0.3 is 10.7 Å². The van der Waals surface area contributed by atoms with Crippen LogP contribution in [-0.4, -0.2) is 30.5 Å². The first kappa shape index (κ1) is 18.7. The Bertz CT molecular complexity index is 1100. The quantitative estimate of drug-likeness (QED) is 0.340. The number of aryl methyl sites for hydroxylation is 2. The summed E-state index contributed by atoms with van der Waals surface area (Å²) in [6.07, 6.45) is 1.81. The number of thioether (sulfide) groups is 1. The molecule has 0 aliphatic rings. The van der Waals surface area contributed by atoms with Gasteiger partial charge in [-0.25, -0.2) is 13.4 Å². The maximum atomic E-state index is 13.2. The predicted octanol–water partition coefficient (Wildman–Crippen LogP) is 3.59. The standard InChI is InChI=1S/C17H18N4O2S3/c1-9-15(21-10(2)20-9)11-5-4-6-12(7-11)26(22,23)14-8-13(16(18)19)25-17(14)24-3/h4-8H,1-3H3,(H3,18,19)(H,20,21). The van der Waals surface area contributed by atoms with E-state index in [0.29, 0.717) is 9.09 Å². The lowest BCUT2D eigenvalue weighted by Crippen LogP contribution is -2.08. The Morgan fingerprint density at radius 1 is 1.31 bits per heavy atom. The van der Waals surface area contributed by atoms with Crippen LogP contribution in [0.15, 0.2) is 44.3 Å². The van der Waals surface area contributed by atoms with Crippen LogP contribution in [0.1, 0.15) is 16.4 Å². The van der Waals surface area contributed by atoms with Crippen molar-refractivity contribution in [3.8, 4) is 11.3 Å². The molecule has 0 aliphatic heterocycles. The van der Waals surface area contributed by atoms with Gasteiger partial charge in [0.2, 0.25) is 9.84 Å². The number of amidine groups is 1.